The van der Waals surface area contributed by atoms with Crippen LogP contribution in [0.3, 0.4) is 0 Å². The predicted molar refractivity (Wildman–Crippen MR) is 215 cm³/mol. The third-order valence-electron chi connectivity index (χ3n) is 10.2. The first-order chi connectivity index (χ1) is 24.2. The fraction of sp³-hybridized carbons (Fsp3) is 0.0612. The minimum absolute atomic E-state index is 1.01. The van der Waals surface area contributed by atoms with Crippen molar-refractivity contribution >= 4 is 48.7 Å². The van der Waals surface area contributed by atoms with Crippen molar-refractivity contribution in [2.75, 3.05) is 0 Å². The maximum atomic E-state index is 4.32. The third-order valence-corrected chi connectivity index (χ3v) is 10.2. The number of rotatable bonds is 8. The fourth-order valence-corrected chi connectivity index (χ4v) is 8.08. The number of allylic oxidation sites excluding steroid dienone is 9. The molecule has 234 valence electrons. The summed E-state index contributed by atoms with van der Waals surface area (Å²) < 4.78 is 0. The Balaban J connectivity index is 1.40. The second-order valence-electron chi connectivity index (χ2n) is 12.8. The van der Waals surface area contributed by atoms with Crippen LogP contribution >= 0.6 is 0 Å². The van der Waals surface area contributed by atoms with Crippen molar-refractivity contribution in [3.63, 3.8) is 0 Å². The first kappa shape index (κ1) is 30.4. The Labute approximate surface area is 289 Å². The molecule has 0 spiro atoms. The fourth-order valence-electron chi connectivity index (χ4n) is 8.08. The van der Waals surface area contributed by atoms with Crippen LogP contribution in [0.5, 0.6) is 0 Å². The Hall–Kier alpha value is -5.98. The summed E-state index contributed by atoms with van der Waals surface area (Å²) >= 11 is 0. The number of benzene rings is 7. The maximum absolute atomic E-state index is 4.32. The van der Waals surface area contributed by atoms with Gasteiger partial charge in [0.15, 0.2) is 0 Å². The average Bonchev–Trinajstić information content (AvgIpc) is 3.16. The molecule has 0 saturated carbocycles. The van der Waals surface area contributed by atoms with E-state index in [0.717, 1.165) is 35.1 Å². The lowest BCUT2D eigenvalue weighted by molar-refractivity contribution is 0.968. The summed E-state index contributed by atoms with van der Waals surface area (Å²) in [6.07, 6.45) is 14.1. The van der Waals surface area contributed by atoms with E-state index in [-0.39, 0.29) is 0 Å². The van der Waals surface area contributed by atoms with Crippen LogP contribution in [-0.4, -0.2) is 0 Å². The highest BCUT2D eigenvalue weighted by Crippen LogP contribution is 2.45. The maximum Gasteiger partial charge on any atom is -0.00204 e. The monoisotopic (exact) mass is 626 g/mol. The molecule has 0 N–H and O–H groups in total. The quantitative estimate of drug-likeness (QED) is 0.0894. The van der Waals surface area contributed by atoms with Gasteiger partial charge < -0.3 is 0 Å². The summed E-state index contributed by atoms with van der Waals surface area (Å²) in [7, 11) is 0. The molecule has 0 fully saturated rings. The molecule has 7 aromatic carbocycles. The Morgan fingerprint density at radius 2 is 1.24 bits per heavy atom. The zero-order chi connectivity index (χ0) is 33.5. The van der Waals surface area contributed by atoms with Crippen molar-refractivity contribution in [1.82, 2.24) is 0 Å². The Morgan fingerprint density at radius 3 is 1.92 bits per heavy atom. The van der Waals surface area contributed by atoms with E-state index in [1.807, 2.05) is 37.3 Å². The molecule has 0 heteroatoms. The summed E-state index contributed by atoms with van der Waals surface area (Å²) in [5.74, 6) is 0. The van der Waals surface area contributed by atoms with Gasteiger partial charge in [0, 0.05) is 0 Å². The van der Waals surface area contributed by atoms with Gasteiger partial charge in [0.25, 0.3) is 0 Å². The van der Waals surface area contributed by atoms with Crippen LogP contribution in [0.15, 0.2) is 183 Å². The van der Waals surface area contributed by atoms with E-state index in [1.54, 1.807) is 0 Å². The van der Waals surface area contributed by atoms with E-state index >= 15 is 0 Å². The molecular weight excluding hydrogens is 589 g/mol. The molecule has 0 amide bonds. The highest BCUT2D eigenvalue weighted by Gasteiger charge is 2.21. The van der Waals surface area contributed by atoms with Crippen LogP contribution in [-0.2, 0) is 12.8 Å². The van der Waals surface area contributed by atoms with Gasteiger partial charge in [0.2, 0.25) is 0 Å². The normalized spacial score (nSPS) is 13.4. The zero-order valence-electron chi connectivity index (χ0n) is 28.0. The van der Waals surface area contributed by atoms with E-state index in [4.69, 9.17) is 0 Å². The van der Waals surface area contributed by atoms with Crippen LogP contribution in [0.25, 0.3) is 70.9 Å². The lowest BCUT2D eigenvalue weighted by Crippen LogP contribution is -2.01. The molecule has 0 nitrogen and oxygen atoms in total. The second-order valence-corrected chi connectivity index (χ2v) is 12.8. The minimum atomic E-state index is 1.01. The molecular formula is C49H38. The Bertz CT molecular complexity index is 2540. The highest BCUT2D eigenvalue weighted by molar-refractivity contribution is 6.20. The molecule has 1 aliphatic carbocycles. The van der Waals surface area contributed by atoms with Crippen LogP contribution in [0, 0.1) is 0 Å². The van der Waals surface area contributed by atoms with Gasteiger partial charge in [-0.3, -0.25) is 0 Å². The standard InChI is InChI=1S/C49H38/c1-5-9-16-32(6-2)38(7-3)39(8-4)49-43-23-12-10-21-41(43)47(42-22-11-13-24-44(42)49)37-20-15-19-36(31-37)40-29-27-35-26-25-33-17-14-18-34-28-30-45(40)48(35)46(33)34/h5-24,27-31H,2-4,25-26H2,1H3/b9-5-,32-16+,39-38-. The Morgan fingerprint density at radius 1 is 0.571 bits per heavy atom. The van der Waals surface area contributed by atoms with Crippen LogP contribution in [0.1, 0.15) is 23.6 Å². The first-order valence-corrected chi connectivity index (χ1v) is 17.1. The molecule has 0 bridgehead atoms. The molecule has 0 aromatic heterocycles. The average molecular weight is 627 g/mol. The molecule has 8 rings (SSSR count). The van der Waals surface area contributed by atoms with E-state index in [1.165, 1.54) is 76.5 Å². The number of hydrogen-bond acceptors (Lipinski definition) is 0. The molecule has 0 atom stereocenters. The number of hydrogen-bond donors (Lipinski definition) is 0. The van der Waals surface area contributed by atoms with E-state index in [2.05, 4.69) is 141 Å². The van der Waals surface area contributed by atoms with Crippen molar-refractivity contribution in [2.24, 2.45) is 0 Å². The predicted octanol–water partition coefficient (Wildman–Crippen LogP) is 13.5. The SMILES string of the molecule is C=CC(=C(\C=C)c1c2ccccc2c(-c2cccc(-c3ccc4c5c3ccc3cccc(c35)CC4)c2)c2ccccc12)/C(C=C)=C/C=C\C. The third kappa shape index (κ3) is 4.91. The van der Waals surface area contributed by atoms with Gasteiger partial charge in [0.1, 0.15) is 0 Å². The van der Waals surface area contributed by atoms with E-state index < -0.39 is 0 Å². The summed E-state index contributed by atoms with van der Waals surface area (Å²) in [5.41, 5.74) is 12.1. The zero-order valence-corrected chi connectivity index (χ0v) is 28.0. The van der Waals surface area contributed by atoms with Crippen LogP contribution in [0.2, 0.25) is 0 Å². The van der Waals surface area contributed by atoms with E-state index in [0.29, 0.717) is 0 Å². The Kier molecular flexibility index (Phi) is 7.78. The topological polar surface area (TPSA) is 0 Å². The number of fused-ring (bicyclic) bond motifs is 2. The molecule has 1 aliphatic rings. The molecule has 49 heavy (non-hydrogen) atoms. The van der Waals surface area contributed by atoms with E-state index in [9.17, 15) is 0 Å². The van der Waals surface area contributed by atoms with Crippen LogP contribution in [0.4, 0.5) is 0 Å². The lowest BCUT2D eigenvalue weighted by Gasteiger charge is -2.21. The summed E-state index contributed by atoms with van der Waals surface area (Å²) in [6.45, 7) is 14.7. The first-order valence-electron chi connectivity index (χ1n) is 17.1. The molecule has 0 aliphatic heterocycles. The molecule has 0 heterocycles. The van der Waals surface area contributed by atoms with Gasteiger partial charge >= 0.3 is 0 Å². The number of aryl methyl sites for hydroxylation is 2. The minimum Gasteiger partial charge on any atom is -0.0984 e. The summed E-state index contributed by atoms with van der Waals surface area (Å²) in [6, 6.07) is 42.8. The molecule has 7 aromatic rings. The van der Waals surface area contributed by atoms with Crippen molar-refractivity contribution in [2.45, 2.75) is 19.8 Å². The highest BCUT2D eigenvalue weighted by atomic mass is 14.2. The van der Waals surface area contributed by atoms with Crippen molar-refractivity contribution in [1.29, 1.82) is 0 Å². The van der Waals surface area contributed by atoms with Crippen LogP contribution < -0.4 is 0 Å². The van der Waals surface area contributed by atoms with Gasteiger partial charge in [-0.25, -0.2) is 0 Å². The second kappa shape index (κ2) is 12.6. The molecule has 0 radical (unpaired) electrons. The van der Waals surface area contributed by atoms with Crippen molar-refractivity contribution in [3.8, 4) is 22.3 Å². The van der Waals surface area contributed by atoms with Gasteiger partial charge in [0.05, 0.1) is 0 Å². The van der Waals surface area contributed by atoms with Crippen molar-refractivity contribution < 1.29 is 0 Å². The molecule has 0 unspecified atom stereocenters. The molecule has 0 saturated heterocycles. The summed E-state index contributed by atoms with van der Waals surface area (Å²) in [5, 5.41) is 10.3. The van der Waals surface area contributed by atoms with Gasteiger partial charge in [-0.05, 0) is 125 Å². The summed E-state index contributed by atoms with van der Waals surface area (Å²) in [4.78, 5) is 0. The van der Waals surface area contributed by atoms with Gasteiger partial charge in [-0.15, -0.1) is 0 Å². The largest absolute Gasteiger partial charge is 0.0984 e. The lowest BCUT2D eigenvalue weighted by atomic mass is 9.82. The van der Waals surface area contributed by atoms with Gasteiger partial charge in [-0.2, -0.15) is 0 Å². The van der Waals surface area contributed by atoms with Gasteiger partial charge in [-0.1, -0.05) is 165 Å². The smallest absolute Gasteiger partial charge is 0.00204 e. The van der Waals surface area contributed by atoms with Crippen molar-refractivity contribution in [3.05, 3.63) is 199 Å².